The predicted octanol–water partition coefficient (Wildman–Crippen LogP) is 3.16. The van der Waals surface area contributed by atoms with Crippen LogP contribution in [0.5, 0.6) is 0 Å². The van der Waals surface area contributed by atoms with Gasteiger partial charge in [0.1, 0.15) is 17.5 Å². The molecule has 2 aliphatic rings. The molecular formula is C25H32FN7O2. The molecule has 2 aliphatic heterocycles. The molecule has 9 nitrogen and oxygen atoms in total. The molecule has 0 unspecified atom stereocenters. The third-order valence-electron chi connectivity index (χ3n) is 7.16. The first-order valence-electron chi connectivity index (χ1n) is 12.1. The molecule has 5 heterocycles. The maximum Gasteiger partial charge on any atom is 0.227 e. The molecule has 35 heavy (non-hydrogen) atoms. The molecule has 0 aromatic carbocycles. The Balaban J connectivity index is 1.44. The number of piperidine rings is 1. The number of aromatic nitrogens is 4. The smallest absolute Gasteiger partial charge is 0.227 e. The van der Waals surface area contributed by atoms with E-state index in [-0.39, 0.29) is 24.6 Å². The van der Waals surface area contributed by atoms with Crippen LogP contribution in [0.4, 0.5) is 27.8 Å². The summed E-state index contributed by atoms with van der Waals surface area (Å²) in [5.74, 6) is 2.68. The predicted molar refractivity (Wildman–Crippen MR) is 134 cm³/mol. The minimum atomic E-state index is -1.71. The Morgan fingerprint density at radius 2 is 1.94 bits per heavy atom. The van der Waals surface area contributed by atoms with Gasteiger partial charge < -0.3 is 25.3 Å². The third kappa shape index (κ3) is 4.36. The van der Waals surface area contributed by atoms with Crippen LogP contribution in [0, 0.1) is 0 Å². The monoisotopic (exact) mass is 481 g/mol. The number of aliphatic hydroxyl groups is 2. The van der Waals surface area contributed by atoms with Crippen LogP contribution in [-0.4, -0.2) is 73.7 Å². The minimum Gasteiger partial charge on any atom is -0.390 e. The van der Waals surface area contributed by atoms with Crippen LogP contribution >= 0.6 is 0 Å². The zero-order valence-electron chi connectivity index (χ0n) is 20.5. The van der Waals surface area contributed by atoms with Crippen molar-refractivity contribution in [3.05, 3.63) is 36.3 Å². The molecule has 3 aromatic heterocycles. The van der Waals surface area contributed by atoms with Crippen molar-refractivity contribution in [2.75, 3.05) is 34.8 Å². The number of aliphatic hydroxyl groups excluding tert-OH is 2. The molecule has 2 fully saturated rings. The molecule has 3 aromatic rings. The van der Waals surface area contributed by atoms with Crippen molar-refractivity contribution in [3.8, 4) is 0 Å². The number of nitrogens with one attached hydrogen (secondary N) is 1. The number of nitrogens with zero attached hydrogens (tertiary/aromatic N) is 6. The van der Waals surface area contributed by atoms with Gasteiger partial charge in [-0.2, -0.15) is 4.98 Å². The summed E-state index contributed by atoms with van der Waals surface area (Å²) in [7, 11) is 0. The molecule has 0 radical (unpaired) electrons. The summed E-state index contributed by atoms with van der Waals surface area (Å²) >= 11 is 0. The Bertz CT molecular complexity index is 1240. The van der Waals surface area contributed by atoms with Crippen LogP contribution in [0.3, 0.4) is 0 Å². The van der Waals surface area contributed by atoms with Gasteiger partial charge in [0, 0.05) is 37.1 Å². The standard InChI is InChI=1S/C25H32FN7O2/c1-14(2)17-10-29-23(33-12-19(34)15(33)3)18-11-28-22(9-16(17)18)30-21-5-7-27-24(31-21)32-8-6-20(35)25(4,26)13-32/h5,7,9-11,14-15,19-20,34-35H,6,8,12-13H2,1-4H3,(H,27,28,30,31)/t15-,19-,20-,25+/m1/s1. The molecule has 10 heteroatoms. The molecule has 3 N–H and O–H groups in total. The first kappa shape index (κ1) is 23.6. The summed E-state index contributed by atoms with van der Waals surface area (Å²) in [4.78, 5) is 22.1. The Kier molecular flexibility index (Phi) is 5.96. The fourth-order valence-corrected chi connectivity index (χ4v) is 4.78. The first-order chi connectivity index (χ1) is 16.6. The topological polar surface area (TPSA) is 111 Å². The average Bonchev–Trinajstić information content (AvgIpc) is 2.83. The number of fused-ring (bicyclic) bond motifs is 1. The van der Waals surface area contributed by atoms with E-state index in [1.165, 1.54) is 6.92 Å². The van der Waals surface area contributed by atoms with Gasteiger partial charge in [-0.15, -0.1) is 0 Å². The lowest BCUT2D eigenvalue weighted by Crippen LogP contribution is -2.59. The van der Waals surface area contributed by atoms with E-state index in [0.29, 0.717) is 37.1 Å². The summed E-state index contributed by atoms with van der Waals surface area (Å²) in [6.45, 7) is 8.72. The zero-order chi connectivity index (χ0) is 24.9. The highest BCUT2D eigenvalue weighted by molar-refractivity contribution is 5.96. The highest BCUT2D eigenvalue weighted by atomic mass is 19.1. The Morgan fingerprint density at radius 3 is 2.63 bits per heavy atom. The molecule has 0 saturated carbocycles. The normalized spacial score (nSPS) is 26.8. The van der Waals surface area contributed by atoms with Crippen LogP contribution in [0.25, 0.3) is 10.8 Å². The van der Waals surface area contributed by atoms with E-state index >= 15 is 0 Å². The molecule has 0 aliphatic carbocycles. The number of hydrogen-bond donors (Lipinski definition) is 3. The maximum atomic E-state index is 14.7. The van der Waals surface area contributed by atoms with E-state index in [9.17, 15) is 14.6 Å². The molecule has 4 atom stereocenters. The largest absolute Gasteiger partial charge is 0.390 e. The lowest BCUT2D eigenvalue weighted by atomic mass is 9.94. The van der Waals surface area contributed by atoms with Crippen molar-refractivity contribution in [2.45, 2.75) is 64.0 Å². The Labute approximate surface area is 204 Å². The number of anilines is 4. The van der Waals surface area contributed by atoms with E-state index < -0.39 is 11.8 Å². The highest BCUT2D eigenvalue weighted by Gasteiger charge is 2.40. The van der Waals surface area contributed by atoms with Crippen molar-refractivity contribution in [2.24, 2.45) is 0 Å². The molecule has 5 rings (SSSR count). The van der Waals surface area contributed by atoms with E-state index in [4.69, 9.17) is 4.98 Å². The van der Waals surface area contributed by atoms with Gasteiger partial charge in [0.25, 0.3) is 0 Å². The lowest BCUT2D eigenvalue weighted by Gasteiger charge is -2.44. The zero-order valence-corrected chi connectivity index (χ0v) is 20.5. The number of β-amino-alcohol motifs (C(OH)–C–C–N with tert-alkyl or cyclic N) is 1. The van der Waals surface area contributed by atoms with Crippen molar-refractivity contribution in [3.63, 3.8) is 0 Å². The lowest BCUT2D eigenvalue weighted by molar-refractivity contribution is -0.00860. The number of alkyl halides is 1. The average molecular weight is 482 g/mol. The molecule has 0 bridgehead atoms. The molecular weight excluding hydrogens is 449 g/mol. The molecule has 186 valence electrons. The first-order valence-corrected chi connectivity index (χ1v) is 12.1. The molecule has 0 spiro atoms. The van der Waals surface area contributed by atoms with E-state index in [1.807, 2.05) is 25.4 Å². The van der Waals surface area contributed by atoms with Crippen LogP contribution in [0.15, 0.2) is 30.7 Å². The van der Waals surface area contributed by atoms with Gasteiger partial charge in [-0.05, 0) is 49.3 Å². The van der Waals surface area contributed by atoms with E-state index in [0.717, 1.165) is 22.2 Å². The highest BCUT2D eigenvalue weighted by Crippen LogP contribution is 2.36. The van der Waals surface area contributed by atoms with Gasteiger partial charge in [-0.25, -0.2) is 19.3 Å². The van der Waals surface area contributed by atoms with E-state index in [2.05, 4.69) is 39.0 Å². The second-order valence-corrected chi connectivity index (χ2v) is 10.1. The van der Waals surface area contributed by atoms with E-state index in [1.54, 1.807) is 17.2 Å². The van der Waals surface area contributed by atoms with Gasteiger partial charge in [0.15, 0.2) is 5.67 Å². The van der Waals surface area contributed by atoms with Gasteiger partial charge in [0.2, 0.25) is 5.95 Å². The second kappa shape index (κ2) is 8.83. The number of pyridine rings is 2. The summed E-state index contributed by atoms with van der Waals surface area (Å²) in [5.41, 5.74) is -0.603. The minimum absolute atomic E-state index is 0.00918. The summed E-state index contributed by atoms with van der Waals surface area (Å²) < 4.78 is 14.7. The summed E-state index contributed by atoms with van der Waals surface area (Å²) in [5, 5.41) is 25.1. The molecule has 2 saturated heterocycles. The quantitative estimate of drug-likeness (QED) is 0.506. The number of rotatable bonds is 5. The summed E-state index contributed by atoms with van der Waals surface area (Å²) in [6, 6.07) is 3.75. The summed E-state index contributed by atoms with van der Waals surface area (Å²) in [6.07, 6.45) is 4.33. The Hall–Kier alpha value is -3.11. The van der Waals surface area contributed by atoms with Crippen LogP contribution in [0.1, 0.15) is 45.6 Å². The van der Waals surface area contributed by atoms with Gasteiger partial charge in [0.05, 0.1) is 24.8 Å². The van der Waals surface area contributed by atoms with Crippen LogP contribution < -0.4 is 15.1 Å². The second-order valence-electron chi connectivity index (χ2n) is 10.1. The van der Waals surface area contributed by atoms with Crippen molar-refractivity contribution in [1.29, 1.82) is 0 Å². The third-order valence-corrected chi connectivity index (χ3v) is 7.16. The van der Waals surface area contributed by atoms with Crippen molar-refractivity contribution in [1.82, 2.24) is 19.9 Å². The van der Waals surface area contributed by atoms with Gasteiger partial charge in [-0.3, -0.25) is 0 Å². The van der Waals surface area contributed by atoms with Crippen LogP contribution in [-0.2, 0) is 0 Å². The SMILES string of the molecule is CC(C)c1cnc(N2C[C@@H](O)[C@H]2C)c2cnc(Nc3ccnc(N4CC[C@@H](O)[C@@](C)(F)C4)n3)cc12. The van der Waals surface area contributed by atoms with Crippen molar-refractivity contribution < 1.29 is 14.6 Å². The van der Waals surface area contributed by atoms with Crippen molar-refractivity contribution >= 4 is 34.2 Å². The van der Waals surface area contributed by atoms with Gasteiger partial charge >= 0.3 is 0 Å². The fraction of sp³-hybridized carbons (Fsp3) is 0.520. The Morgan fingerprint density at radius 1 is 1.14 bits per heavy atom. The van der Waals surface area contributed by atoms with Crippen LogP contribution in [0.2, 0.25) is 0 Å². The fourth-order valence-electron chi connectivity index (χ4n) is 4.78. The van der Waals surface area contributed by atoms with Gasteiger partial charge in [-0.1, -0.05) is 13.8 Å². The molecule has 0 amide bonds. The number of hydrogen-bond acceptors (Lipinski definition) is 9. The number of halogens is 1. The maximum absolute atomic E-state index is 14.7.